The SMILES string of the molecule is COc1ccccc1-c1ncc2ccccc2c1C(=O)O. The van der Waals surface area contributed by atoms with Gasteiger partial charge in [-0.15, -0.1) is 0 Å². The number of para-hydroxylation sites is 1. The number of nitrogens with zero attached hydrogens (tertiary/aromatic N) is 1. The lowest BCUT2D eigenvalue weighted by Gasteiger charge is -2.12. The minimum absolute atomic E-state index is 0.192. The lowest BCUT2D eigenvalue weighted by molar-refractivity contribution is 0.0699. The van der Waals surface area contributed by atoms with Crippen LogP contribution in [-0.2, 0) is 0 Å². The highest BCUT2D eigenvalue weighted by molar-refractivity contribution is 6.08. The summed E-state index contributed by atoms with van der Waals surface area (Å²) in [6, 6.07) is 14.6. The number of aromatic carboxylic acids is 1. The second-order valence-electron chi connectivity index (χ2n) is 4.57. The van der Waals surface area contributed by atoms with Crippen LogP contribution < -0.4 is 4.74 Å². The van der Waals surface area contributed by atoms with Crippen molar-refractivity contribution in [2.75, 3.05) is 7.11 Å². The molecule has 0 saturated carbocycles. The number of fused-ring (bicyclic) bond motifs is 1. The van der Waals surface area contributed by atoms with Crippen molar-refractivity contribution >= 4 is 16.7 Å². The van der Waals surface area contributed by atoms with Crippen molar-refractivity contribution < 1.29 is 14.6 Å². The summed E-state index contributed by atoms with van der Waals surface area (Å²) in [5, 5.41) is 11.1. The maximum atomic E-state index is 11.7. The molecule has 4 nitrogen and oxygen atoms in total. The number of carboxylic acids is 1. The summed E-state index contributed by atoms with van der Waals surface area (Å²) in [4.78, 5) is 16.1. The van der Waals surface area contributed by atoms with Gasteiger partial charge in [-0.3, -0.25) is 4.98 Å². The van der Waals surface area contributed by atoms with E-state index in [4.69, 9.17) is 4.74 Å². The molecule has 4 heteroatoms. The van der Waals surface area contributed by atoms with Gasteiger partial charge < -0.3 is 9.84 Å². The first kappa shape index (κ1) is 13.1. The quantitative estimate of drug-likeness (QED) is 0.795. The van der Waals surface area contributed by atoms with Gasteiger partial charge in [0, 0.05) is 17.1 Å². The molecule has 1 heterocycles. The van der Waals surface area contributed by atoms with Crippen LogP contribution in [0.25, 0.3) is 22.0 Å². The zero-order valence-corrected chi connectivity index (χ0v) is 11.4. The first-order valence-electron chi connectivity index (χ1n) is 6.47. The van der Waals surface area contributed by atoms with Crippen molar-refractivity contribution in [1.29, 1.82) is 0 Å². The molecular weight excluding hydrogens is 266 g/mol. The lowest BCUT2D eigenvalue weighted by Crippen LogP contribution is -2.04. The molecule has 0 saturated heterocycles. The molecule has 0 unspecified atom stereocenters. The van der Waals surface area contributed by atoms with E-state index < -0.39 is 5.97 Å². The number of benzene rings is 2. The van der Waals surface area contributed by atoms with Gasteiger partial charge in [0.05, 0.1) is 18.4 Å². The fraction of sp³-hybridized carbons (Fsp3) is 0.0588. The van der Waals surface area contributed by atoms with Gasteiger partial charge in [0.2, 0.25) is 0 Å². The molecule has 1 aromatic heterocycles. The molecule has 0 bridgehead atoms. The molecular formula is C17H13NO3. The summed E-state index contributed by atoms with van der Waals surface area (Å²) in [6.45, 7) is 0. The second-order valence-corrected chi connectivity index (χ2v) is 4.57. The third kappa shape index (κ3) is 2.21. The van der Waals surface area contributed by atoms with Gasteiger partial charge in [0.15, 0.2) is 0 Å². The van der Waals surface area contributed by atoms with Gasteiger partial charge >= 0.3 is 5.97 Å². The Kier molecular flexibility index (Phi) is 3.28. The number of hydrogen-bond acceptors (Lipinski definition) is 3. The fourth-order valence-electron chi connectivity index (χ4n) is 2.42. The zero-order valence-electron chi connectivity index (χ0n) is 11.4. The van der Waals surface area contributed by atoms with E-state index in [0.29, 0.717) is 22.4 Å². The number of carboxylic acid groups (broad SMARTS) is 1. The molecule has 3 aromatic rings. The smallest absolute Gasteiger partial charge is 0.338 e. The van der Waals surface area contributed by atoms with E-state index in [2.05, 4.69) is 4.98 Å². The molecule has 0 spiro atoms. The van der Waals surface area contributed by atoms with Crippen molar-refractivity contribution in [3.8, 4) is 17.0 Å². The normalized spacial score (nSPS) is 10.5. The van der Waals surface area contributed by atoms with Gasteiger partial charge in [-0.25, -0.2) is 4.79 Å². The summed E-state index contributed by atoms with van der Waals surface area (Å²) < 4.78 is 5.31. The van der Waals surface area contributed by atoms with E-state index in [1.54, 1.807) is 25.4 Å². The van der Waals surface area contributed by atoms with Crippen LogP contribution in [0.4, 0.5) is 0 Å². The number of rotatable bonds is 3. The maximum absolute atomic E-state index is 11.7. The molecule has 2 aromatic carbocycles. The highest BCUT2D eigenvalue weighted by atomic mass is 16.5. The van der Waals surface area contributed by atoms with Crippen LogP contribution in [0.3, 0.4) is 0 Å². The highest BCUT2D eigenvalue weighted by Gasteiger charge is 2.19. The van der Waals surface area contributed by atoms with Crippen LogP contribution in [0.5, 0.6) is 5.75 Å². The molecule has 0 amide bonds. The predicted molar refractivity (Wildman–Crippen MR) is 80.7 cm³/mol. The third-order valence-corrected chi connectivity index (χ3v) is 3.38. The molecule has 0 fully saturated rings. The van der Waals surface area contributed by atoms with Gasteiger partial charge in [0.25, 0.3) is 0 Å². The van der Waals surface area contributed by atoms with Crippen molar-refractivity contribution in [3.05, 3.63) is 60.3 Å². The molecule has 0 aliphatic carbocycles. The van der Waals surface area contributed by atoms with Crippen LogP contribution in [0, 0.1) is 0 Å². The van der Waals surface area contributed by atoms with Crippen LogP contribution in [0.1, 0.15) is 10.4 Å². The molecule has 21 heavy (non-hydrogen) atoms. The van der Waals surface area contributed by atoms with Crippen LogP contribution >= 0.6 is 0 Å². The Morgan fingerprint density at radius 3 is 2.57 bits per heavy atom. The van der Waals surface area contributed by atoms with Gasteiger partial charge in [0.1, 0.15) is 5.75 Å². The molecule has 0 radical (unpaired) electrons. The number of hydrogen-bond donors (Lipinski definition) is 1. The van der Waals surface area contributed by atoms with Crippen LogP contribution in [0.2, 0.25) is 0 Å². The molecule has 0 aliphatic heterocycles. The Bertz CT molecular complexity index is 827. The van der Waals surface area contributed by atoms with Gasteiger partial charge in [-0.05, 0) is 17.5 Å². The minimum Gasteiger partial charge on any atom is -0.496 e. The summed E-state index contributed by atoms with van der Waals surface area (Å²) in [6.07, 6.45) is 1.68. The van der Waals surface area contributed by atoms with E-state index in [0.717, 1.165) is 5.39 Å². The van der Waals surface area contributed by atoms with E-state index in [1.807, 2.05) is 36.4 Å². The number of carbonyl (C=O) groups is 1. The Balaban J connectivity index is 2.37. The third-order valence-electron chi connectivity index (χ3n) is 3.38. The van der Waals surface area contributed by atoms with Crippen molar-refractivity contribution in [3.63, 3.8) is 0 Å². The number of methoxy groups -OCH3 is 1. The van der Waals surface area contributed by atoms with E-state index in [1.165, 1.54) is 0 Å². The molecule has 1 N–H and O–H groups in total. The van der Waals surface area contributed by atoms with Crippen molar-refractivity contribution in [1.82, 2.24) is 4.98 Å². The summed E-state index contributed by atoms with van der Waals surface area (Å²) in [5.41, 5.74) is 1.28. The average Bonchev–Trinajstić information content (AvgIpc) is 2.53. The van der Waals surface area contributed by atoms with E-state index >= 15 is 0 Å². The Morgan fingerprint density at radius 1 is 1.10 bits per heavy atom. The molecule has 0 atom stereocenters. The predicted octanol–water partition coefficient (Wildman–Crippen LogP) is 3.61. The fourth-order valence-corrected chi connectivity index (χ4v) is 2.42. The number of ether oxygens (including phenoxy) is 1. The zero-order chi connectivity index (χ0) is 14.8. The summed E-state index contributed by atoms with van der Waals surface area (Å²) in [7, 11) is 1.56. The monoisotopic (exact) mass is 279 g/mol. The number of aromatic nitrogens is 1. The van der Waals surface area contributed by atoms with Crippen LogP contribution in [-0.4, -0.2) is 23.2 Å². The Hall–Kier alpha value is -2.88. The van der Waals surface area contributed by atoms with E-state index in [9.17, 15) is 9.90 Å². The molecule has 104 valence electrons. The first-order valence-corrected chi connectivity index (χ1v) is 6.47. The highest BCUT2D eigenvalue weighted by Crippen LogP contribution is 2.33. The first-order chi connectivity index (χ1) is 10.2. The van der Waals surface area contributed by atoms with Crippen LogP contribution in [0.15, 0.2) is 54.7 Å². The van der Waals surface area contributed by atoms with Crippen molar-refractivity contribution in [2.24, 2.45) is 0 Å². The topological polar surface area (TPSA) is 59.4 Å². The minimum atomic E-state index is -1.000. The van der Waals surface area contributed by atoms with Crippen molar-refractivity contribution in [2.45, 2.75) is 0 Å². The molecule has 0 aliphatic rings. The lowest BCUT2D eigenvalue weighted by atomic mass is 9.99. The Labute approximate surface area is 121 Å². The van der Waals surface area contributed by atoms with E-state index in [-0.39, 0.29) is 5.56 Å². The second kappa shape index (κ2) is 5.25. The maximum Gasteiger partial charge on any atom is 0.338 e. The van der Waals surface area contributed by atoms with Gasteiger partial charge in [-0.1, -0.05) is 36.4 Å². The summed E-state index contributed by atoms with van der Waals surface area (Å²) in [5.74, 6) is -0.400. The van der Waals surface area contributed by atoms with Gasteiger partial charge in [-0.2, -0.15) is 0 Å². The largest absolute Gasteiger partial charge is 0.496 e. The summed E-state index contributed by atoms with van der Waals surface area (Å²) >= 11 is 0. The number of pyridine rings is 1. The average molecular weight is 279 g/mol. The molecule has 3 rings (SSSR count). The Morgan fingerprint density at radius 2 is 1.81 bits per heavy atom. The standard InChI is InChI=1S/C17H13NO3/c1-21-14-9-5-4-8-13(14)16-15(17(19)20)12-7-3-2-6-11(12)10-18-16/h2-10H,1H3,(H,19,20).